The zero-order valence-corrected chi connectivity index (χ0v) is 16.9. The molecule has 0 amide bonds. The highest BCUT2D eigenvalue weighted by Crippen LogP contribution is 2.09. The van der Waals surface area contributed by atoms with Gasteiger partial charge in [-0.2, -0.15) is 0 Å². The molecule has 2 aromatic rings. The van der Waals surface area contributed by atoms with E-state index >= 15 is 0 Å². The Labute approximate surface area is 166 Å². The van der Waals surface area contributed by atoms with Crippen LogP contribution in [-0.4, -0.2) is 83.4 Å². The molecule has 154 valence electrons. The zero-order valence-electron chi connectivity index (χ0n) is 16.9. The number of ether oxygens (including phenoxy) is 1. The number of aliphatic hydroxyl groups is 1. The van der Waals surface area contributed by atoms with E-state index in [2.05, 4.69) is 25.5 Å². The van der Waals surface area contributed by atoms with E-state index in [0.717, 1.165) is 57.2 Å². The first-order chi connectivity index (χ1) is 13.6. The van der Waals surface area contributed by atoms with Crippen LogP contribution >= 0.6 is 0 Å². The Bertz CT molecular complexity index is 734. The van der Waals surface area contributed by atoms with E-state index in [-0.39, 0.29) is 0 Å². The second-order valence-electron chi connectivity index (χ2n) is 7.46. The van der Waals surface area contributed by atoms with Crippen molar-refractivity contribution in [2.45, 2.75) is 25.9 Å². The van der Waals surface area contributed by atoms with Crippen molar-refractivity contribution in [2.75, 3.05) is 52.5 Å². The van der Waals surface area contributed by atoms with Crippen molar-refractivity contribution >= 4 is 11.6 Å². The van der Waals surface area contributed by atoms with Crippen LogP contribution in [0, 0.1) is 0 Å². The second-order valence-corrected chi connectivity index (χ2v) is 7.46. The summed E-state index contributed by atoms with van der Waals surface area (Å²) < 4.78 is 7.39. The van der Waals surface area contributed by atoms with Crippen LogP contribution in [0.15, 0.2) is 35.6 Å². The van der Waals surface area contributed by atoms with Gasteiger partial charge in [-0.05, 0) is 26.0 Å². The molecular formula is C20H32N6O2. The number of imidazole rings is 1. The van der Waals surface area contributed by atoms with Gasteiger partial charge < -0.3 is 24.9 Å². The minimum absolute atomic E-state index is 0.341. The maximum Gasteiger partial charge on any atom is 0.191 e. The number of guanidine groups is 1. The fraction of sp³-hybridized carbons (Fsp3) is 0.600. The maximum absolute atomic E-state index is 10.7. The third kappa shape index (κ3) is 6.19. The Balaban J connectivity index is 1.49. The summed E-state index contributed by atoms with van der Waals surface area (Å²) >= 11 is 0. The lowest BCUT2D eigenvalue weighted by molar-refractivity contribution is -0.0179. The smallest absolute Gasteiger partial charge is 0.191 e. The van der Waals surface area contributed by atoms with E-state index in [1.165, 1.54) is 0 Å². The van der Waals surface area contributed by atoms with E-state index in [1.54, 1.807) is 0 Å². The van der Waals surface area contributed by atoms with Crippen LogP contribution in [0.4, 0.5) is 0 Å². The van der Waals surface area contributed by atoms with E-state index in [1.807, 2.05) is 48.8 Å². The molecule has 3 N–H and O–H groups in total. The summed E-state index contributed by atoms with van der Waals surface area (Å²) in [7, 11) is 0. The number of fused-ring (bicyclic) bond motifs is 1. The number of nitrogens with one attached hydrogen (secondary N) is 2. The summed E-state index contributed by atoms with van der Waals surface area (Å²) in [5, 5.41) is 17.3. The third-order valence-electron chi connectivity index (χ3n) is 4.68. The molecule has 8 heteroatoms. The van der Waals surface area contributed by atoms with Crippen molar-refractivity contribution in [1.82, 2.24) is 24.9 Å². The van der Waals surface area contributed by atoms with Gasteiger partial charge in [0, 0.05) is 51.5 Å². The summed E-state index contributed by atoms with van der Waals surface area (Å²) in [6, 6.07) is 5.98. The summed E-state index contributed by atoms with van der Waals surface area (Å²) in [6.45, 7) is 9.48. The van der Waals surface area contributed by atoms with Crippen molar-refractivity contribution in [3.05, 3.63) is 36.3 Å². The van der Waals surface area contributed by atoms with Crippen molar-refractivity contribution in [3.63, 3.8) is 0 Å². The Morgan fingerprint density at radius 3 is 2.89 bits per heavy atom. The Hall–Kier alpha value is -2.16. The van der Waals surface area contributed by atoms with Gasteiger partial charge in [-0.1, -0.05) is 6.07 Å². The highest BCUT2D eigenvalue weighted by molar-refractivity contribution is 5.79. The number of morpholine rings is 1. The van der Waals surface area contributed by atoms with Gasteiger partial charge in [-0.3, -0.25) is 9.89 Å². The molecule has 0 bridgehead atoms. The van der Waals surface area contributed by atoms with Gasteiger partial charge in [-0.25, -0.2) is 4.98 Å². The van der Waals surface area contributed by atoms with E-state index in [9.17, 15) is 5.11 Å². The molecular weight excluding hydrogens is 356 g/mol. The quantitative estimate of drug-likeness (QED) is 0.451. The minimum Gasteiger partial charge on any atom is -0.387 e. The lowest BCUT2D eigenvalue weighted by Gasteiger charge is -2.33. The van der Waals surface area contributed by atoms with E-state index in [0.29, 0.717) is 19.0 Å². The van der Waals surface area contributed by atoms with Crippen LogP contribution in [0.1, 0.15) is 19.5 Å². The van der Waals surface area contributed by atoms with Crippen LogP contribution in [0.25, 0.3) is 5.65 Å². The van der Waals surface area contributed by atoms with Crippen molar-refractivity contribution in [1.29, 1.82) is 0 Å². The topological polar surface area (TPSA) is 86.4 Å². The highest BCUT2D eigenvalue weighted by atomic mass is 16.5. The predicted octanol–water partition coefficient (Wildman–Crippen LogP) is 0.515. The fourth-order valence-corrected chi connectivity index (χ4v) is 3.30. The number of hydrogen-bond acceptors (Lipinski definition) is 5. The summed E-state index contributed by atoms with van der Waals surface area (Å²) in [4.78, 5) is 11.4. The molecule has 0 spiro atoms. The van der Waals surface area contributed by atoms with Gasteiger partial charge in [0.2, 0.25) is 0 Å². The number of aliphatic imine (C=N–C) groups is 1. The van der Waals surface area contributed by atoms with Crippen LogP contribution in [0.2, 0.25) is 0 Å². The van der Waals surface area contributed by atoms with Gasteiger partial charge >= 0.3 is 0 Å². The maximum atomic E-state index is 10.7. The number of nitrogens with zero attached hydrogens (tertiary/aromatic N) is 4. The fourth-order valence-electron chi connectivity index (χ4n) is 3.30. The predicted molar refractivity (Wildman–Crippen MR) is 111 cm³/mol. The Kier molecular flexibility index (Phi) is 7.24. The number of aromatic nitrogens is 2. The molecule has 0 radical (unpaired) electrons. The van der Waals surface area contributed by atoms with Gasteiger partial charge in [0.1, 0.15) is 5.65 Å². The van der Waals surface area contributed by atoms with Crippen LogP contribution in [0.3, 0.4) is 0 Å². The molecule has 0 saturated carbocycles. The van der Waals surface area contributed by atoms with Gasteiger partial charge in [0.15, 0.2) is 5.96 Å². The Morgan fingerprint density at radius 2 is 2.14 bits per heavy atom. The molecule has 1 aliphatic rings. The summed E-state index contributed by atoms with van der Waals surface area (Å²) in [6.07, 6.45) is 4.85. The summed E-state index contributed by atoms with van der Waals surface area (Å²) in [5.74, 6) is 0.716. The lowest BCUT2D eigenvalue weighted by atomic mass is 10.1. The molecule has 1 saturated heterocycles. The minimum atomic E-state index is -0.874. The second kappa shape index (κ2) is 9.86. The lowest BCUT2D eigenvalue weighted by Crippen LogP contribution is -2.48. The molecule has 3 heterocycles. The normalized spacial score (nSPS) is 18.2. The van der Waals surface area contributed by atoms with Crippen molar-refractivity contribution in [3.8, 4) is 0 Å². The van der Waals surface area contributed by atoms with Crippen molar-refractivity contribution in [2.24, 2.45) is 4.99 Å². The molecule has 8 nitrogen and oxygen atoms in total. The van der Waals surface area contributed by atoms with Crippen LogP contribution in [0.5, 0.6) is 0 Å². The first kappa shape index (κ1) is 20.6. The van der Waals surface area contributed by atoms with Gasteiger partial charge in [0.05, 0.1) is 31.1 Å². The molecule has 1 fully saturated rings. The van der Waals surface area contributed by atoms with E-state index in [4.69, 9.17) is 4.74 Å². The standard InChI is InChI=1S/C20H32N6O2/c1-3-21-19(23-15-20(2,27)16-25-10-12-28-13-11-25)22-8-7-17-14-26-9-5-4-6-18(26)24-17/h4-6,9,14,27H,3,7-8,10-13,15-16H2,1-2H3,(H2,21,22,23). The third-order valence-corrected chi connectivity index (χ3v) is 4.68. The average Bonchev–Trinajstić information content (AvgIpc) is 3.09. The number of pyridine rings is 1. The Morgan fingerprint density at radius 1 is 1.32 bits per heavy atom. The average molecular weight is 389 g/mol. The molecule has 2 aromatic heterocycles. The first-order valence-electron chi connectivity index (χ1n) is 10.0. The van der Waals surface area contributed by atoms with Crippen molar-refractivity contribution < 1.29 is 9.84 Å². The zero-order chi connectivity index (χ0) is 19.8. The van der Waals surface area contributed by atoms with Crippen LogP contribution < -0.4 is 10.6 Å². The van der Waals surface area contributed by atoms with Crippen LogP contribution in [-0.2, 0) is 11.2 Å². The molecule has 1 aliphatic heterocycles. The molecule has 1 atom stereocenters. The monoisotopic (exact) mass is 388 g/mol. The highest BCUT2D eigenvalue weighted by Gasteiger charge is 2.25. The molecule has 1 unspecified atom stereocenters. The first-order valence-corrected chi connectivity index (χ1v) is 10.0. The molecule has 0 aliphatic carbocycles. The largest absolute Gasteiger partial charge is 0.387 e. The van der Waals surface area contributed by atoms with Gasteiger partial charge in [-0.15, -0.1) is 0 Å². The van der Waals surface area contributed by atoms with Gasteiger partial charge in [0.25, 0.3) is 0 Å². The molecule has 3 rings (SSSR count). The number of β-amino-alcohol motifs (C(OH)–C–C–N with tert-alkyl or cyclic N) is 1. The SMILES string of the molecule is CCNC(=NCC(C)(O)CN1CCOCC1)NCCc1cn2ccccc2n1. The van der Waals surface area contributed by atoms with E-state index < -0.39 is 5.60 Å². The summed E-state index contributed by atoms with van der Waals surface area (Å²) in [5.41, 5.74) is 1.12. The molecule has 0 aromatic carbocycles. The number of hydrogen-bond donors (Lipinski definition) is 3. The number of rotatable bonds is 8. The molecule has 28 heavy (non-hydrogen) atoms.